The third-order valence-electron chi connectivity index (χ3n) is 3.91. The van der Waals surface area contributed by atoms with Crippen LogP contribution in [-0.4, -0.2) is 18.2 Å². The van der Waals surface area contributed by atoms with Crippen LogP contribution in [0.25, 0.3) is 0 Å². The lowest BCUT2D eigenvalue weighted by molar-refractivity contribution is 0.170. The summed E-state index contributed by atoms with van der Waals surface area (Å²) in [7, 11) is -3.78. The average Bonchev–Trinajstić information content (AvgIpc) is 2.16. The lowest BCUT2D eigenvalue weighted by atomic mass is 9.71. The van der Waals surface area contributed by atoms with E-state index in [0.29, 0.717) is 18.8 Å². The Bertz CT molecular complexity index is 296. The maximum Gasteiger partial charge on any atom is 0.267 e. The summed E-state index contributed by atoms with van der Waals surface area (Å²) in [5.41, 5.74) is 0. The van der Waals surface area contributed by atoms with Crippen LogP contribution in [-0.2, 0) is 10.1 Å². The van der Waals surface area contributed by atoms with Gasteiger partial charge in [-0.3, -0.25) is 4.55 Å². The second-order valence-electron chi connectivity index (χ2n) is 4.75. The standard InChI is InChI=1S/C10H18O3S/c11-14(12,13)10-6-5-8-3-1-2-4-9(8)7-10/h8-10H,1-7H2,(H,11,12,13). The van der Waals surface area contributed by atoms with Crippen molar-refractivity contribution < 1.29 is 13.0 Å². The van der Waals surface area contributed by atoms with E-state index in [9.17, 15) is 8.42 Å². The van der Waals surface area contributed by atoms with Gasteiger partial charge in [0.2, 0.25) is 0 Å². The fraction of sp³-hybridized carbons (Fsp3) is 1.00. The molecule has 0 radical (unpaired) electrons. The Morgan fingerprint density at radius 2 is 1.57 bits per heavy atom. The highest BCUT2D eigenvalue weighted by atomic mass is 32.2. The molecule has 0 aromatic rings. The van der Waals surface area contributed by atoms with E-state index in [1.807, 2.05) is 0 Å². The molecule has 2 saturated carbocycles. The molecule has 0 heterocycles. The molecule has 0 aromatic carbocycles. The van der Waals surface area contributed by atoms with Gasteiger partial charge in [0.1, 0.15) is 0 Å². The minimum atomic E-state index is -3.78. The van der Waals surface area contributed by atoms with Crippen LogP contribution in [0.5, 0.6) is 0 Å². The Kier molecular flexibility index (Phi) is 2.84. The lowest BCUT2D eigenvalue weighted by Crippen LogP contribution is -2.34. The van der Waals surface area contributed by atoms with Crippen molar-refractivity contribution in [1.29, 1.82) is 0 Å². The SMILES string of the molecule is O=S(=O)(O)C1CCC2CCCCC2C1. The summed E-state index contributed by atoms with van der Waals surface area (Å²) in [4.78, 5) is 0. The van der Waals surface area contributed by atoms with Crippen LogP contribution in [0, 0.1) is 11.8 Å². The predicted octanol–water partition coefficient (Wildman–Crippen LogP) is 2.23. The average molecular weight is 218 g/mol. The van der Waals surface area contributed by atoms with Gasteiger partial charge < -0.3 is 0 Å². The highest BCUT2D eigenvalue weighted by molar-refractivity contribution is 7.86. The Labute approximate surface area is 85.6 Å². The lowest BCUT2D eigenvalue weighted by Gasteiger charge is -2.38. The van der Waals surface area contributed by atoms with Gasteiger partial charge in [-0.05, 0) is 31.1 Å². The van der Waals surface area contributed by atoms with Crippen molar-refractivity contribution in [2.45, 2.75) is 50.2 Å². The number of hydrogen-bond acceptors (Lipinski definition) is 2. The smallest absolute Gasteiger partial charge is 0.267 e. The monoisotopic (exact) mass is 218 g/mol. The molecular weight excluding hydrogens is 200 g/mol. The molecule has 0 aliphatic heterocycles. The Balaban J connectivity index is 2.03. The van der Waals surface area contributed by atoms with Crippen molar-refractivity contribution in [3.8, 4) is 0 Å². The van der Waals surface area contributed by atoms with E-state index in [0.717, 1.165) is 18.8 Å². The van der Waals surface area contributed by atoms with E-state index >= 15 is 0 Å². The van der Waals surface area contributed by atoms with E-state index in [4.69, 9.17) is 4.55 Å². The topological polar surface area (TPSA) is 54.4 Å². The van der Waals surface area contributed by atoms with Crippen molar-refractivity contribution in [1.82, 2.24) is 0 Å². The van der Waals surface area contributed by atoms with Crippen LogP contribution in [0.15, 0.2) is 0 Å². The molecule has 2 fully saturated rings. The maximum absolute atomic E-state index is 11.0. The molecular formula is C10H18O3S. The third-order valence-corrected chi connectivity index (χ3v) is 5.18. The summed E-state index contributed by atoms with van der Waals surface area (Å²) >= 11 is 0. The summed E-state index contributed by atoms with van der Waals surface area (Å²) in [6.07, 6.45) is 7.33. The maximum atomic E-state index is 11.0. The van der Waals surface area contributed by atoms with Crippen LogP contribution in [0.1, 0.15) is 44.9 Å². The first-order valence-electron chi connectivity index (χ1n) is 5.53. The number of fused-ring (bicyclic) bond motifs is 1. The van der Waals surface area contributed by atoms with Crippen molar-refractivity contribution in [2.75, 3.05) is 0 Å². The van der Waals surface area contributed by atoms with E-state index in [1.54, 1.807) is 0 Å². The molecule has 3 unspecified atom stereocenters. The molecule has 2 aliphatic rings. The third kappa shape index (κ3) is 2.11. The van der Waals surface area contributed by atoms with E-state index in [2.05, 4.69) is 0 Å². The molecule has 4 heteroatoms. The second kappa shape index (κ2) is 3.81. The first-order valence-corrected chi connectivity index (χ1v) is 7.04. The molecule has 14 heavy (non-hydrogen) atoms. The van der Waals surface area contributed by atoms with Gasteiger partial charge >= 0.3 is 0 Å². The fourth-order valence-corrected chi connectivity index (χ4v) is 4.03. The van der Waals surface area contributed by atoms with Crippen LogP contribution in [0.4, 0.5) is 0 Å². The van der Waals surface area contributed by atoms with Crippen LogP contribution in [0.3, 0.4) is 0 Å². The zero-order valence-corrected chi connectivity index (χ0v) is 9.17. The molecule has 0 bridgehead atoms. The van der Waals surface area contributed by atoms with Crippen LogP contribution < -0.4 is 0 Å². The van der Waals surface area contributed by atoms with Gasteiger partial charge in [0.05, 0.1) is 5.25 Å². The van der Waals surface area contributed by atoms with Crippen LogP contribution in [0.2, 0.25) is 0 Å². The van der Waals surface area contributed by atoms with Crippen LogP contribution >= 0.6 is 0 Å². The molecule has 0 saturated heterocycles. The summed E-state index contributed by atoms with van der Waals surface area (Å²) in [6, 6.07) is 0. The molecule has 0 aromatic heterocycles. The largest absolute Gasteiger partial charge is 0.285 e. The highest BCUT2D eigenvalue weighted by Gasteiger charge is 2.36. The van der Waals surface area contributed by atoms with Gasteiger partial charge in [-0.2, -0.15) is 8.42 Å². The van der Waals surface area contributed by atoms with E-state index < -0.39 is 15.4 Å². The summed E-state index contributed by atoms with van der Waals surface area (Å²) in [5.74, 6) is 1.30. The molecule has 1 N–H and O–H groups in total. The minimum absolute atomic E-state index is 0.471. The highest BCUT2D eigenvalue weighted by Crippen LogP contribution is 2.41. The Hall–Kier alpha value is -0.0900. The van der Waals surface area contributed by atoms with Crippen molar-refractivity contribution in [3.63, 3.8) is 0 Å². The quantitative estimate of drug-likeness (QED) is 0.687. The summed E-state index contributed by atoms with van der Waals surface area (Å²) in [6.45, 7) is 0. The normalized spacial score (nSPS) is 39.1. The Morgan fingerprint density at radius 3 is 2.21 bits per heavy atom. The van der Waals surface area contributed by atoms with E-state index in [-0.39, 0.29) is 0 Å². The first kappa shape index (κ1) is 10.4. The van der Waals surface area contributed by atoms with E-state index in [1.165, 1.54) is 19.3 Å². The molecule has 3 nitrogen and oxygen atoms in total. The van der Waals surface area contributed by atoms with Gasteiger partial charge in [0.25, 0.3) is 10.1 Å². The molecule has 0 spiro atoms. The minimum Gasteiger partial charge on any atom is -0.285 e. The van der Waals surface area contributed by atoms with Gasteiger partial charge in [-0.25, -0.2) is 0 Å². The number of hydrogen-bond donors (Lipinski definition) is 1. The van der Waals surface area contributed by atoms with Crippen molar-refractivity contribution in [3.05, 3.63) is 0 Å². The first-order chi connectivity index (χ1) is 6.57. The zero-order valence-electron chi connectivity index (χ0n) is 8.35. The predicted molar refractivity (Wildman–Crippen MR) is 54.6 cm³/mol. The Morgan fingerprint density at radius 1 is 0.929 bits per heavy atom. The van der Waals surface area contributed by atoms with Gasteiger partial charge in [0, 0.05) is 0 Å². The summed E-state index contributed by atoms with van der Waals surface area (Å²) < 4.78 is 31.0. The van der Waals surface area contributed by atoms with Crippen molar-refractivity contribution >= 4 is 10.1 Å². The molecule has 82 valence electrons. The van der Waals surface area contributed by atoms with Gasteiger partial charge in [0.15, 0.2) is 0 Å². The number of rotatable bonds is 1. The molecule has 3 atom stereocenters. The van der Waals surface area contributed by atoms with Gasteiger partial charge in [-0.15, -0.1) is 0 Å². The van der Waals surface area contributed by atoms with Gasteiger partial charge in [-0.1, -0.05) is 25.7 Å². The molecule has 2 aliphatic carbocycles. The molecule has 0 amide bonds. The van der Waals surface area contributed by atoms with Crippen molar-refractivity contribution in [2.24, 2.45) is 11.8 Å². The summed E-state index contributed by atoms with van der Waals surface area (Å²) in [5, 5.41) is -0.471. The zero-order chi connectivity index (χ0) is 10.2. The fourth-order valence-electron chi connectivity index (χ4n) is 3.10. The second-order valence-corrected chi connectivity index (χ2v) is 6.45. The molecule has 2 rings (SSSR count).